The van der Waals surface area contributed by atoms with E-state index in [0.717, 1.165) is 27.2 Å². The minimum absolute atomic E-state index is 0.0357. The van der Waals surface area contributed by atoms with Crippen molar-refractivity contribution in [2.75, 3.05) is 0 Å². The normalized spacial score (nSPS) is 14.3. The Bertz CT molecular complexity index is 2290. The van der Waals surface area contributed by atoms with E-state index < -0.39 is 21.3 Å². The van der Waals surface area contributed by atoms with Crippen molar-refractivity contribution in [3.8, 4) is 11.1 Å². The zero-order valence-corrected chi connectivity index (χ0v) is 33.6. The van der Waals surface area contributed by atoms with Gasteiger partial charge in [0.2, 0.25) is 0 Å². The Labute approximate surface area is 314 Å². The second-order valence-electron chi connectivity index (χ2n) is 15.9. The summed E-state index contributed by atoms with van der Waals surface area (Å²) in [5.74, 6) is 0. The summed E-state index contributed by atoms with van der Waals surface area (Å²) in [4.78, 5) is 0. The van der Waals surface area contributed by atoms with Crippen LogP contribution in [0, 0.1) is 0 Å². The molecule has 2 aliphatic rings. The molecular formula is C47H42Cl2Zr. The Morgan fingerprint density at radius 1 is 0.580 bits per heavy atom. The average Bonchev–Trinajstić information content (AvgIpc) is 3.74. The van der Waals surface area contributed by atoms with E-state index >= 15 is 0 Å². The van der Waals surface area contributed by atoms with Crippen molar-refractivity contribution < 1.29 is 21.3 Å². The van der Waals surface area contributed by atoms with E-state index in [1.54, 1.807) is 3.28 Å². The van der Waals surface area contributed by atoms with Crippen LogP contribution in [0.4, 0.5) is 0 Å². The van der Waals surface area contributed by atoms with Crippen molar-refractivity contribution in [2.24, 2.45) is 0 Å². The number of fused-ring (bicyclic) bond motifs is 5. The number of benzene rings is 6. The van der Waals surface area contributed by atoms with Crippen LogP contribution in [0.2, 0.25) is 10.0 Å². The SMILES string of the molecule is CC(C)(C)c1ccc2c(c1)[CH]([Zr]([C]1=CC=CC1)=[C](c1ccc(Cl)c3ccccc13)c1ccc(Cl)c3ccccc13)c1cc(C(C)(C)C)ccc1-2. The molecule has 0 bridgehead atoms. The van der Waals surface area contributed by atoms with Gasteiger partial charge in [-0.2, -0.15) is 0 Å². The van der Waals surface area contributed by atoms with Crippen molar-refractivity contribution in [1.29, 1.82) is 0 Å². The van der Waals surface area contributed by atoms with Crippen LogP contribution < -0.4 is 0 Å². The summed E-state index contributed by atoms with van der Waals surface area (Å²) in [6.45, 7) is 14.0. The van der Waals surface area contributed by atoms with Gasteiger partial charge in [-0.15, -0.1) is 0 Å². The number of hydrogen-bond donors (Lipinski definition) is 0. The van der Waals surface area contributed by atoms with Crippen molar-refractivity contribution in [2.45, 2.75) is 62.4 Å². The summed E-state index contributed by atoms with van der Waals surface area (Å²) >= 11 is 10.8. The van der Waals surface area contributed by atoms with E-state index in [9.17, 15) is 0 Å². The van der Waals surface area contributed by atoms with E-state index in [0.29, 0.717) is 0 Å². The molecule has 0 spiro atoms. The third-order valence-electron chi connectivity index (χ3n) is 10.7. The van der Waals surface area contributed by atoms with Crippen molar-refractivity contribution in [1.82, 2.24) is 0 Å². The average molecular weight is 769 g/mol. The van der Waals surface area contributed by atoms with E-state index in [1.165, 1.54) is 58.5 Å². The molecule has 0 atom stereocenters. The molecule has 0 unspecified atom stereocenters. The predicted octanol–water partition coefficient (Wildman–Crippen LogP) is 13.7. The zero-order valence-electron chi connectivity index (χ0n) is 29.7. The van der Waals surface area contributed by atoms with Crippen LogP contribution in [0.15, 0.2) is 131 Å². The van der Waals surface area contributed by atoms with Crippen LogP contribution in [0.25, 0.3) is 32.7 Å². The van der Waals surface area contributed by atoms with Gasteiger partial charge in [-0.25, -0.2) is 0 Å². The molecule has 0 saturated heterocycles. The van der Waals surface area contributed by atoms with Gasteiger partial charge in [-0.1, -0.05) is 0 Å². The second kappa shape index (κ2) is 12.7. The molecule has 8 rings (SSSR count). The first-order chi connectivity index (χ1) is 23.9. The standard InChI is InChI=1S/C21H12Cl2.C21H25.C5H5.Zr/c22-20-11-9-14(16-5-1-3-7-18(16)20)13-15-10-12-21(23)19-8-4-2-6-17(15)19;1-20(2,3)16-7-9-18-14(12-16)11-15-13-17(21(4,5)6)8-10-19(15)18;1-2-4-5-3-1;/h1-12H;7-13H,1-6H3;1-3H,4H2;. The first kappa shape index (κ1) is 33.8. The summed E-state index contributed by atoms with van der Waals surface area (Å²) in [6.07, 6.45) is 8.11. The monoisotopic (exact) mass is 766 g/mol. The molecule has 0 N–H and O–H groups in total. The third-order valence-corrected chi connectivity index (χ3v) is 19.6. The fraction of sp³-hybridized carbons (Fsp3) is 0.213. The fourth-order valence-corrected chi connectivity index (χ4v) is 17.6. The Kier molecular flexibility index (Phi) is 8.58. The Balaban J connectivity index is 1.58. The first-order valence-electron chi connectivity index (χ1n) is 17.7. The minimum atomic E-state index is -3.05. The number of hydrogen-bond acceptors (Lipinski definition) is 0. The van der Waals surface area contributed by atoms with Crippen LogP contribution in [0.1, 0.15) is 85.0 Å². The van der Waals surface area contributed by atoms with Crippen LogP contribution in [0.5, 0.6) is 0 Å². The maximum absolute atomic E-state index is 6.95. The molecule has 0 aromatic heterocycles. The van der Waals surface area contributed by atoms with Crippen LogP contribution in [0.3, 0.4) is 0 Å². The van der Waals surface area contributed by atoms with Gasteiger partial charge in [0, 0.05) is 0 Å². The molecule has 0 saturated carbocycles. The van der Waals surface area contributed by atoms with Gasteiger partial charge in [-0.3, -0.25) is 0 Å². The summed E-state index contributed by atoms with van der Waals surface area (Å²) in [6, 6.07) is 40.9. The van der Waals surface area contributed by atoms with E-state index in [4.69, 9.17) is 23.2 Å². The zero-order chi connectivity index (χ0) is 34.9. The van der Waals surface area contributed by atoms with Crippen LogP contribution >= 0.6 is 23.2 Å². The van der Waals surface area contributed by atoms with Gasteiger partial charge < -0.3 is 0 Å². The molecular weight excluding hydrogens is 727 g/mol. The fourth-order valence-electron chi connectivity index (χ4n) is 8.04. The molecule has 6 aromatic rings. The molecule has 6 aromatic carbocycles. The summed E-state index contributed by atoms with van der Waals surface area (Å²) < 4.78 is 3.41. The molecule has 0 fully saturated rings. The van der Waals surface area contributed by atoms with Crippen molar-refractivity contribution >= 4 is 48.0 Å². The predicted molar refractivity (Wildman–Crippen MR) is 214 cm³/mol. The van der Waals surface area contributed by atoms with Gasteiger partial charge >= 0.3 is 317 Å². The second-order valence-corrected chi connectivity index (χ2v) is 23.0. The molecule has 0 radical (unpaired) electrons. The quantitative estimate of drug-likeness (QED) is 0.168. The first-order valence-corrected chi connectivity index (χ1v) is 22.3. The molecule has 50 heavy (non-hydrogen) atoms. The number of rotatable bonds is 4. The van der Waals surface area contributed by atoms with Gasteiger partial charge in [0.1, 0.15) is 0 Å². The Morgan fingerprint density at radius 3 is 1.46 bits per heavy atom. The molecule has 248 valence electrons. The topological polar surface area (TPSA) is 0 Å². The number of allylic oxidation sites excluding steroid dienone is 4. The van der Waals surface area contributed by atoms with Gasteiger partial charge in [0.15, 0.2) is 0 Å². The van der Waals surface area contributed by atoms with E-state index in [1.807, 2.05) is 0 Å². The van der Waals surface area contributed by atoms with Gasteiger partial charge in [-0.05, 0) is 0 Å². The Hall–Kier alpha value is -3.35. The van der Waals surface area contributed by atoms with Crippen LogP contribution in [-0.4, -0.2) is 3.21 Å². The molecule has 0 aliphatic heterocycles. The van der Waals surface area contributed by atoms with Crippen LogP contribution in [-0.2, 0) is 32.1 Å². The van der Waals surface area contributed by atoms with E-state index in [-0.39, 0.29) is 14.5 Å². The molecule has 3 heteroatoms. The Morgan fingerprint density at radius 2 is 1.04 bits per heavy atom. The molecule has 0 heterocycles. The molecule has 0 nitrogen and oxygen atoms in total. The summed E-state index contributed by atoms with van der Waals surface area (Å²) in [7, 11) is 0. The molecule has 2 aliphatic carbocycles. The van der Waals surface area contributed by atoms with E-state index in [2.05, 4.69) is 169 Å². The summed E-state index contributed by atoms with van der Waals surface area (Å²) in [5.41, 5.74) is 11.2. The van der Waals surface area contributed by atoms with Gasteiger partial charge in [0.05, 0.1) is 0 Å². The summed E-state index contributed by atoms with van der Waals surface area (Å²) in [5, 5.41) is 6.20. The molecule has 0 amide bonds. The van der Waals surface area contributed by atoms with Gasteiger partial charge in [0.25, 0.3) is 0 Å². The maximum atomic E-state index is 6.95. The van der Waals surface area contributed by atoms with Crippen molar-refractivity contribution in [3.63, 3.8) is 0 Å². The number of halogens is 2. The van der Waals surface area contributed by atoms with Crippen molar-refractivity contribution in [3.05, 3.63) is 174 Å². The third kappa shape index (κ3) is 5.75.